The van der Waals surface area contributed by atoms with Crippen molar-refractivity contribution in [3.8, 4) is 0 Å². The molecular weight excluding hydrogens is 215 g/mol. The van der Waals surface area contributed by atoms with Crippen molar-refractivity contribution >= 4 is 0 Å². The van der Waals surface area contributed by atoms with Gasteiger partial charge in [0.25, 0.3) is 0 Å². The molecular formula is C12H15F3N+. The molecule has 0 amide bonds. The van der Waals surface area contributed by atoms with Crippen LogP contribution in [0.3, 0.4) is 0 Å². The van der Waals surface area contributed by atoms with Crippen LogP contribution in [-0.2, 0) is 0 Å². The summed E-state index contributed by atoms with van der Waals surface area (Å²) in [6.45, 7) is 0. The standard InChI is InChI=1S/C12H15F3N/c1-16(2,3)11(10(13)12(14)15)9-7-5-4-6-8-9/h4-8,11H,1-3H3/q+1. The molecule has 1 aromatic carbocycles. The molecule has 0 saturated carbocycles. The van der Waals surface area contributed by atoms with E-state index in [-0.39, 0.29) is 4.48 Å². The normalized spacial score (nSPS) is 13.4. The first-order valence-electron chi connectivity index (χ1n) is 4.90. The van der Waals surface area contributed by atoms with Crippen molar-refractivity contribution in [2.24, 2.45) is 0 Å². The van der Waals surface area contributed by atoms with E-state index in [0.29, 0.717) is 5.56 Å². The second-order valence-corrected chi connectivity index (χ2v) is 4.54. The number of likely N-dealkylation sites (N-methyl/N-ethyl adjacent to an activating group) is 1. The van der Waals surface area contributed by atoms with Gasteiger partial charge in [0.1, 0.15) is 0 Å². The van der Waals surface area contributed by atoms with Crippen LogP contribution in [-0.4, -0.2) is 25.6 Å². The molecule has 0 spiro atoms. The Kier molecular flexibility index (Phi) is 3.75. The van der Waals surface area contributed by atoms with Crippen LogP contribution in [0.2, 0.25) is 0 Å². The van der Waals surface area contributed by atoms with E-state index >= 15 is 0 Å². The average Bonchev–Trinajstić information content (AvgIpc) is 2.17. The van der Waals surface area contributed by atoms with Crippen LogP contribution in [0.5, 0.6) is 0 Å². The highest BCUT2D eigenvalue weighted by Crippen LogP contribution is 2.34. The monoisotopic (exact) mass is 230 g/mol. The summed E-state index contributed by atoms with van der Waals surface area (Å²) in [6, 6.07) is 7.52. The lowest BCUT2D eigenvalue weighted by Crippen LogP contribution is -2.39. The molecule has 0 fully saturated rings. The first-order valence-corrected chi connectivity index (χ1v) is 4.90. The summed E-state index contributed by atoms with van der Waals surface area (Å²) < 4.78 is 38.3. The third kappa shape index (κ3) is 2.85. The van der Waals surface area contributed by atoms with Crippen molar-refractivity contribution in [3.63, 3.8) is 0 Å². The van der Waals surface area contributed by atoms with E-state index < -0.39 is 17.9 Å². The summed E-state index contributed by atoms with van der Waals surface area (Å²) in [6.07, 6.45) is -2.25. The first-order chi connectivity index (χ1) is 7.34. The maximum absolute atomic E-state index is 13.5. The van der Waals surface area contributed by atoms with Crippen molar-refractivity contribution in [3.05, 3.63) is 47.8 Å². The van der Waals surface area contributed by atoms with E-state index in [1.54, 1.807) is 51.5 Å². The molecule has 1 aromatic rings. The molecule has 0 aromatic heterocycles. The summed E-state index contributed by atoms with van der Waals surface area (Å²) in [7, 11) is 5.04. The molecule has 4 heteroatoms. The van der Waals surface area contributed by atoms with Gasteiger partial charge < -0.3 is 4.48 Å². The Morgan fingerprint density at radius 3 is 1.88 bits per heavy atom. The quantitative estimate of drug-likeness (QED) is 0.697. The topological polar surface area (TPSA) is 0 Å². The number of hydrogen-bond donors (Lipinski definition) is 0. The summed E-state index contributed by atoms with van der Waals surface area (Å²) in [5.41, 5.74) is 0.542. The van der Waals surface area contributed by atoms with Gasteiger partial charge in [-0.1, -0.05) is 30.3 Å². The lowest BCUT2D eigenvalue weighted by atomic mass is 10.0. The highest BCUT2D eigenvalue weighted by atomic mass is 19.3. The molecule has 0 bridgehead atoms. The fourth-order valence-electron chi connectivity index (χ4n) is 1.67. The smallest absolute Gasteiger partial charge is 0.308 e. The Labute approximate surface area is 93.4 Å². The lowest BCUT2D eigenvalue weighted by Gasteiger charge is -2.32. The number of nitrogens with zero attached hydrogens (tertiary/aromatic N) is 1. The van der Waals surface area contributed by atoms with Gasteiger partial charge in [-0.15, -0.1) is 0 Å². The first kappa shape index (κ1) is 12.8. The minimum Gasteiger partial charge on any atom is -0.319 e. The summed E-state index contributed by atoms with van der Waals surface area (Å²) >= 11 is 0. The molecule has 0 radical (unpaired) electrons. The van der Waals surface area contributed by atoms with E-state index in [1.807, 2.05) is 0 Å². The van der Waals surface area contributed by atoms with Crippen molar-refractivity contribution in [1.82, 2.24) is 0 Å². The molecule has 0 aliphatic heterocycles. The largest absolute Gasteiger partial charge is 0.319 e. The van der Waals surface area contributed by atoms with Crippen LogP contribution < -0.4 is 0 Å². The SMILES string of the molecule is C[N+](C)(C)C(C(F)=C(F)F)c1ccccc1. The zero-order chi connectivity index (χ0) is 12.3. The Morgan fingerprint density at radius 1 is 1.00 bits per heavy atom. The van der Waals surface area contributed by atoms with Gasteiger partial charge in [0.2, 0.25) is 5.83 Å². The van der Waals surface area contributed by atoms with Crippen molar-refractivity contribution in [2.75, 3.05) is 21.1 Å². The molecule has 1 rings (SSSR count). The van der Waals surface area contributed by atoms with Crippen LogP contribution in [0, 0.1) is 0 Å². The van der Waals surface area contributed by atoms with Crippen LogP contribution in [0.1, 0.15) is 11.6 Å². The predicted molar refractivity (Wildman–Crippen MR) is 57.6 cm³/mol. The number of quaternary nitrogens is 1. The third-order valence-corrected chi connectivity index (χ3v) is 2.31. The molecule has 88 valence electrons. The van der Waals surface area contributed by atoms with Gasteiger partial charge in [0.05, 0.1) is 21.1 Å². The van der Waals surface area contributed by atoms with Gasteiger partial charge in [-0.05, 0) is 0 Å². The Morgan fingerprint density at radius 2 is 1.50 bits per heavy atom. The highest BCUT2D eigenvalue weighted by molar-refractivity contribution is 5.23. The highest BCUT2D eigenvalue weighted by Gasteiger charge is 2.33. The molecule has 1 nitrogen and oxygen atoms in total. The van der Waals surface area contributed by atoms with Gasteiger partial charge in [-0.3, -0.25) is 0 Å². The van der Waals surface area contributed by atoms with E-state index in [2.05, 4.69) is 0 Å². The molecule has 0 N–H and O–H groups in total. The van der Waals surface area contributed by atoms with Gasteiger partial charge in [0.15, 0.2) is 6.04 Å². The lowest BCUT2D eigenvalue weighted by molar-refractivity contribution is -0.897. The molecule has 1 atom stereocenters. The fourth-order valence-corrected chi connectivity index (χ4v) is 1.67. The van der Waals surface area contributed by atoms with Crippen LogP contribution in [0.4, 0.5) is 13.2 Å². The molecule has 0 aliphatic carbocycles. The van der Waals surface area contributed by atoms with Gasteiger partial charge >= 0.3 is 6.08 Å². The van der Waals surface area contributed by atoms with Crippen molar-refractivity contribution in [2.45, 2.75) is 6.04 Å². The Bertz CT molecular complexity index is 375. The van der Waals surface area contributed by atoms with Gasteiger partial charge in [0, 0.05) is 5.56 Å². The molecule has 16 heavy (non-hydrogen) atoms. The second kappa shape index (κ2) is 4.70. The second-order valence-electron chi connectivity index (χ2n) is 4.54. The van der Waals surface area contributed by atoms with Crippen LogP contribution in [0.15, 0.2) is 42.2 Å². The zero-order valence-corrected chi connectivity index (χ0v) is 9.55. The van der Waals surface area contributed by atoms with E-state index in [4.69, 9.17) is 0 Å². The van der Waals surface area contributed by atoms with E-state index in [0.717, 1.165) is 0 Å². The molecule has 1 unspecified atom stereocenters. The summed E-state index contributed by atoms with van der Waals surface area (Å²) in [4.78, 5) is 0. The van der Waals surface area contributed by atoms with E-state index in [9.17, 15) is 13.2 Å². The number of rotatable bonds is 3. The maximum Gasteiger partial charge on any atom is 0.308 e. The van der Waals surface area contributed by atoms with Crippen LogP contribution in [0.25, 0.3) is 0 Å². The maximum atomic E-state index is 13.5. The van der Waals surface area contributed by atoms with E-state index in [1.165, 1.54) is 0 Å². The van der Waals surface area contributed by atoms with Crippen LogP contribution >= 0.6 is 0 Å². The van der Waals surface area contributed by atoms with Crippen molar-refractivity contribution in [1.29, 1.82) is 0 Å². The molecule has 0 heterocycles. The Balaban J connectivity index is 3.24. The predicted octanol–water partition coefficient (Wildman–Crippen LogP) is 3.51. The molecule has 0 aliphatic rings. The summed E-state index contributed by atoms with van der Waals surface area (Å²) in [5.74, 6) is -1.36. The third-order valence-electron chi connectivity index (χ3n) is 2.31. The number of halogens is 3. The number of benzene rings is 1. The van der Waals surface area contributed by atoms with Gasteiger partial charge in [-0.25, -0.2) is 0 Å². The fraction of sp³-hybridized carbons (Fsp3) is 0.333. The minimum absolute atomic E-state index is 0.0766. The average molecular weight is 230 g/mol. The molecule has 0 saturated heterocycles. The zero-order valence-electron chi connectivity index (χ0n) is 9.55. The van der Waals surface area contributed by atoms with Crippen molar-refractivity contribution < 1.29 is 17.7 Å². The summed E-state index contributed by atoms with van der Waals surface area (Å²) in [5, 5.41) is 0. The Hall–Kier alpha value is -1.29. The van der Waals surface area contributed by atoms with Gasteiger partial charge in [-0.2, -0.15) is 13.2 Å². The minimum atomic E-state index is -2.25. The number of hydrogen-bond acceptors (Lipinski definition) is 0.